The number of carboxylic acids is 1. The largest absolute Gasteiger partial charge is 0.477 e. The van der Waals surface area contributed by atoms with E-state index in [1.807, 2.05) is 17.5 Å². The van der Waals surface area contributed by atoms with Gasteiger partial charge in [0.2, 0.25) is 5.91 Å². The molecule has 0 bridgehead atoms. The molecule has 5 nitrogen and oxygen atoms in total. The number of aromatic nitrogens is 1. The van der Waals surface area contributed by atoms with Gasteiger partial charge in [-0.3, -0.25) is 4.79 Å². The van der Waals surface area contributed by atoms with Crippen molar-refractivity contribution in [2.45, 2.75) is 17.7 Å². The third kappa shape index (κ3) is 4.83. The van der Waals surface area contributed by atoms with Crippen LogP contribution in [0.1, 0.15) is 20.2 Å². The first-order valence-corrected chi connectivity index (χ1v) is 8.87. The summed E-state index contributed by atoms with van der Waals surface area (Å²) >= 11 is 4.04. The number of hydrogen-bond donors (Lipinski definition) is 2. The van der Waals surface area contributed by atoms with Gasteiger partial charge in [0.05, 0.1) is 11.4 Å². The standard InChI is InChI=1S/C13H14N2O3S3/c1-8-11(12(17)18)21-13(15-8)20-7-10(16)14-5-4-9-3-2-6-19-9/h2-3,6H,4-5,7H2,1H3,(H,14,16)(H,17,18). The van der Waals surface area contributed by atoms with Crippen molar-refractivity contribution in [3.63, 3.8) is 0 Å². The molecule has 0 saturated heterocycles. The van der Waals surface area contributed by atoms with E-state index in [1.165, 1.54) is 16.6 Å². The molecule has 0 spiro atoms. The number of carbonyl (C=O) groups is 2. The highest BCUT2D eigenvalue weighted by molar-refractivity contribution is 8.01. The van der Waals surface area contributed by atoms with Gasteiger partial charge >= 0.3 is 5.97 Å². The Hall–Kier alpha value is -1.38. The Balaban J connectivity index is 1.73. The Morgan fingerprint density at radius 2 is 2.29 bits per heavy atom. The van der Waals surface area contributed by atoms with Crippen LogP contribution in [0.2, 0.25) is 0 Å². The molecule has 2 heterocycles. The van der Waals surface area contributed by atoms with Crippen LogP contribution < -0.4 is 5.32 Å². The Morgan fingerprint density at radius 3 is 2.90 bits per heavy atom. The molecule has 0 unspecified atom stereocenters. The molecule has 1 amide bonds. The summed E-state index contributed by atoms with van der Waals surface area (Å²) in [6, 6.07) is 4.03. The highest BCUT2D eigenvalue weighted by Crippen LogP contribution is 2.26. The van der Waals surface area contributed by atoms with Crippen LogP contribution in [-0.4, -0.2) is 34.3 Å². The lowest BCUT2D eigenvalue weighted by molar-refractivity contribution is -0.118. The van der Waals surface area contributed by atoms with Crippen molar-refractivity contribution in [2.24, 2.45) is 0 Å². The van der Waals surface area contributed by atoms with E-state index in [-0.39, 0.29) is 16.5 Å². The highest BCUT2D eigenvalue weighted by Gasteiger charge is 2.15. The van der Waals surface area contributed by atoms with Gasteiger partial charge in [-0.1, -0.05) is 17.8 Å². The highest BCUT2D eigenvalue weighted by atomic mass is 32.2. The smallest absolute Gasteiger partial charge is 0.347 e. The molecule has 8 heteroatoms. The molecule has 0 radical (unpaired) electrons. The average molecular weight is 342 g/mol. The van der Waals surface area contributed by atoms with E-state index in [0.29, 0.717) is 16.6 Å². The minimum atomic E-state index is -0.975. The predicted molar refractivity (Wildman–Crippen MR) is 85.6 cm³/mol. The third-order valence-corrected chi connectivity index (χ3v) is 5.80. The zero-order chi connectivity index (χ0) is 15.2. The molecular formula is C13H14N2O3S3. The lowest BCUT2D eigenvalue weighted by Gasteiger charge is -2.02. The number of nitrogens with one attached hydrogen (secondary N) is 1. The van der Waals surface area contributed by atoms with Crippen LogP contribution in [0.15, 0.2) is 21.9 Å². The second-order valence-electron chi connectivity index (χ2n) is 4.17. The zero-order valence-electron chi connectivity index (χ0n) is 11.3. The molecule has 112 valence electrons. The Bertz CT molecular complexity index is 623. The summed E-state index contributed by atoms with van der Waals surface area (Å²) in [5, 5.41) is 13.8. The predicted octanol–water partition coefficient (Wildman–Crippen LogP) is 2.66. The number of carboxylic acid groups (broad SMARTS) is 1. The number of hydrogen-bond acceptors (Lipinski definition) is 6. The quantitative estimate of drug-likeness (QED) is 0.756. The summed E-state index contributed by atoms with van der Waals surface area (Å²) in [5.41, 5.74) is 0.494. The first-order valence-electron chi connectivity index (χ1n) is 6.19. The first kappa shape index (κ1) is 16.0. The molecule has 0 saturated carbocycles. The molecule has 0 aliphatic heterocycles. The van der Waals surface area contributed by atoms with Crippen molar-refractivity contribution < 1.29 is 14.7 Å². The average Bonchev–Trinajstić information content (AvgIpc) is 3.06. The number of thioether (sulfide) groups is 1. The maximum absolute atomic E-state index is 11.7. The van der Waals surface area contributed by atoms with Gasteiger partial charge in [-0.05, 0) is 24.8 Å². The fourth-order valence-electron chi connectivity index (χ4n) is 1.59. The van der Waals surface area contributed by atoms with Gasteiger partial charge in [-0.15, -0.1) is 22.7 Å². The van der Waals surface area contributed by atoms with E-state index in [2.05, 4.69) is 10.3 Å². The maximum Gasteiger partial charge on any atom is 0.347 e. The van der Waals surface area contributed by atoms with Crippen molar-refractivity contribution in [3.8, 4) is 0 Å². The lowest BCUT2D eigenvalue weighted by atomic mass is 10.3. The first-order chi connectivity index (χ1) is 10.1. The van der Waals surface area contributed by atoms with Gasteiger partial charge in [0.15, 0.2) is 4.34 Å². The number of thiazole rings is 1. The van der Waals surface area contributed by atoms with Crippen molar-refractivity contribution in [3.05, 3.63) is 33.0 Å². The number of carbonyl (C=O) groups excluding carboxylic acids is 1. The molecule has 0 aliphatic carbocycles. The monoisotopic (exact) mass is 342 g/mol. The van der Waals surface area contributed by atoms with Crippen LogP contribution in [0.5, 0.6) is 0 Å². The molecule has 2 N–H and O–H groups in total. The van der Waals surface area contributed by atoms with E-state index in [1.54, 1.807) is 18.3 Å². The fourth-order valence-corrected chi connectivity index (χ4v) is 4.16. The molecule has 21 heavy (non-hydrogen) atoms. The van der Waals surface area contributed by atoms with Crippen LogP contribution >= 0.6 is 34.4 Å². The summed E-state index contributed by atoms with van der Waals surface area (Å²) in [5.74, 6) is -0.797. The molecule has 0 aliphatic rings. The number of nitrogens with zero attached hydrogens (tertiary/aromatic N) is 1. The van der Waals surface area contributed by atoms with Crippen molar-refractivity contribution in [2.75, 3.05) is 12.3 Å². The van der Waals surface area contributed by atoms with Crippen LogP contribution in [0, 0.1) is 6.92 Å². The Kier molecular flexibility index (Phi) is 5.77. The van der Waals surface area contributed by atoms with Gasteiger partial charge in [-0.2, -0.15) is 0 Å². The fraction of sp³-hybridized carbons (Fsp3) is 0.308. The molecule has 0 fully saturated rings. The molecule has 0 aromatic carbocycles. The van der Waals surface area contributed by atoms with Gasteiger partial charge in [0.1, 0.15) is 4.88 Å². The summed E-state index contributed by atoms with van der Waals surface area (Å²) in [6.07, 6.45) is 0.827. The van der Waals surface area contributed by atoms with E-state index < -0.39 is 5.97 Å². The van der Waals surface area contributed by atoms with Crippen molar-refractivity contribution >= 4 is 46.3 Å². The number of rotatable bonds is 7. The molecular weight excluding hydrogens is 328 g/mol. The van der Waals surface area contributed by atoms with Crippen LogP contribution in [0.25, 0.3) is 0 Å². The second-order valence-corrected chi connectivity index (χ2v) is 7.42. The lowest BCUT2D eigenvalue weighted by Crippen LogP contribution is -2.27. The number of aromatic carboxylic acids is 1. The minimum absolute atomic E-state index is 0.0683. The van der Waals surface area contributed by atoms with Crippen LogP contribution in [0.4, 0.5) is 0 Å². The van der Waals surface area contributed by atoms with Crippen molar-refractivity contribution in [1.29, 1.82) is 0 Å². The molecule has 0 atom stereocenters. The van der Waals surface area contributed by atoms with Gasteiger partial charge in [-0.25, -0.2) is 9.78 Å². The normalized spacial score (nSPS) is 10.5. The Morgan fingerprint density at radius 1 is 1.48 bits per heavy atom. The number of aryl methyl sites for hydroxylation is 1. The van der Waals surface area contributed by atoms with Gasteiger partial charge in [0.25, 0.3) is 0 Å². The van der Waals surface area contributed by atoms with Crippen molar-refractivity contribution in [1.82, 2.24) is 10.3 Å². The second kappa shape index (κ2) is 7.58. The SMILES string of the molecule is Cc1nc(SCC(=O)NCCc2cccs2)sc1C(=O)O. The van der Waals surface area contributed by atoms with E-state index in [9.17, 15) is 9.59 Å². The minimum Gasteiger partial charge on any atom is -0.477 e. The third-order valence-electron chi connectivity index (χ3n) is 2.57. The number of amides is 1. The Labute approximate surface area is 134 Å². The van der Waals surface area contributed by atoms with Gasteiger partial charge < -0.3 is 10.4 Å². The zero-order valence-corrected chi connectivity index (χ0v) is 13.7. The van der Waals surface area contributed by atoms with Crippen LogP contribution in [0.3, 0.4) is 0 Å². The summed E-state index contributed by atoms with van der Waals surface area (Å²) < 4.78 is 0.610. The summed E-state index contributed by atoms with van der Waals surface area (Å²) in [7, 11) is 0. The van der Waals surface area contributed by atoms with E-state index in [0.717, 1.165) is 17.8 Å². The van der Waals surface area contributed by atoms with E-state index in [4.69, 9.17) is 5.11 Å². The van der Waals surface area contributed by atoms with E-state index >= 15 is 0 Å². The molecule has 2 rings (SSSR count). The summed E-state index contributed by atoms with van der Waals surface area (Å²) in [4.78, 5) is 28.2. The van der Waals surface area contributed by atoms with Gasteiger partial charge in [0, 0.05) is 11.4 Å². The maximum atomic E-state index is 11.7. The topological polar surface area (TPSA) is 79.3 Å². The summed E-state index contributed by atoms with van der Waals surface area (Å²) in [6.45, 7) is 2.27. The number of thiophene rings is 1. The van der Waals surface area contributed by atoms with Crippen LogP contribution in [-0.2, 0) is 11.2 Å². The molecule has 2 aromatic heterocycles. The molecule has 2 aromatic rings.